The summed E-state index contributed by atoms with van der Waals surface area (Å²) >= 11 is 5.87. The number of hydrogen-bond acceptors (Lipinski definition) is 2. The fourth-order valence-electron chi connectivity index (χ4n) is 2.20. The van der Waals surface area contributed by atoms with Crippen molar-refractivity contribution >= 4 is 42.2 Å². The summed E-state index contributed by atoms with van der Waals surface area (Å²) in [4.78, 5) is 12.6. The zero-order chi connectivity index (χ0) is 16.6. The maximum atomic E-state index is 12.6. The second-order valence-electron chi connectivity index (χ2n) is 5.51. The Morgan fingerprint density at radius 2 is 2.04 bits per heavy atom. The van der Waals surface area contributed by atoms with Gasteiger partial charge in [-0.15, -0.1) is 0 Å². The summed E-state index contributed by atoms with van der Waals surface area (Å²) in [6.07, 6.45) is 1.55. The van der Waals surface area contributed by atoms with Crippen molar-refractivity contribution in [3.8, 4) is 5.69 Å². The second-order valence-corrected chi connectivity index (χ2v) is 8.02. The molecule has 6 heteroatoms. The Hall–Kier alpha value is -1.81. The van der Waals surface area contributed by atoms with Crippen molar-refractivity contribution in [2.45, 2.75) is 19.9 Å². The molecule has 0 atom stereocenters. The number of hydroxylamine groups is 1. The molecule has 3 rings (SSSR count). The molecule has 2 aromatic carbocycles. The van der Waals surface area contributed by atoms with Gasteiger partial charge in [-0.3, -0.25) is 0 Å². The minimum absolute atomic E-state index is 0.0394. The van der Waals surface area contributed by atoms with E-state index in [0.29, 0.717) is 10.4 Å². The molecule has 3 aromatic rings. The molecule has 0 aliphatic heterocycles. The normalized spacial score (nSPS) is 12.3. The van der Waals surface area contributed by atoms with Crippen LogP contribution >= 0.6 is 11.6 Å². The molecule has 1 aromatic heterocycles. The van der Waals surface area contributed by atoms with Crippen LogP contribution in [0.4, 0.5) is 0 Å². The van der Waals surface area contributed by atoms with Gasteiger partial charge >= 0.3 is 145 Å². The Labute approximate surface area is 144 Å². The van der Waals surface area contributed by atoms with E-state index >= 15 is 0 Å². The molecule has 0 N–H and O–H groups in total. The van der Waals surface area contributed by atoms with Gasteiger partial charge in [0, 0.05) is 0 Å². The third-order valence-electron chi connectivity index (χ3n) is 3.44. The van der Waals surface area contributed by atoms with Crippen LogP contribution in [0.25, 0.3) is 15.3 Å². The van der Waals surface area contributed by atoms with Crippen LogP contribution in [0.1, 0.15) is 19.4 Å². The summed E-state index contributed by atoms with van der Waals surface area (Å²) in [6, 6.07) is 12.8. The van der Waals surface area contributed by atoms with Crippen LogP contribution in [0.5, 0.6) is 0 Å². The SMILES string of the molecule is CC(C)[N+]([O-])=Cc1cccc(-n2[se]c3ccc(Cl)cc3c2=O)c1. The van der Waals surface area contributed by atoms with Crippen molar-refractivity contribution in [1.82, 2.24) is 3.56 Å². The van der Waals surface area contributed by atoms with Crippen molar-refractivity contribution < 1.29 is 4.74 Å². The first-order valence-corrected chi connectivity index (χ1v) is 9.18. The first kappa shape index (κ1) is 16.1. The fraction of sp³-hybridized carbons (Fsp3) is 0.176. The third-order valence-corrected chi connectivity index (χ3v) is 6.00. The van der Waals surface area contributed by atoms with E-state index in [1.165, 1.54) is 0 Å². The van der Waals surface area contributed by atoms with E-state index < -0.39 is 0 Å². The van der Waals surface area contributed by atoms with E-state index in [4.69, 9.17) is 11.6 Å². The zero-order valence-electron chi connectivity index (χ0n) is 12.7. The standard InChI is InChI=1S/C17H15ClN2O2Se/c1-11(2)19(22)10-12-4-3-5-14(8-12)20-17(21)15-9-13(18)6-7-16(15)23-20/h3-11H,1-2H3. The van der Waals surface area contributed by atoms with E-state index in [9.17, 15) is 10.0 Å². The number of halogens is 1. The minimum atomic E-state index is -0.123. The van der Waals surface area contributed by atoms with E-state index in [-0.39, 0.29) is 26.3 Å². The molecule has 0 radical (unpaired) electrons. The Morgan fingerprint density at radius 3 is 2.78 bits per heavy atom. The quantitative estimate of drug-likeness (QED) is 0.226. The molecule has 0 spiro atoms. The zero-order valence-corrected chi connectivity index (χ0v) is 15.2. The number of aromatic nitrogens is 1. The summed E-state index contributed by atoms with van der Waals surface area (Å²) in [5.74, 6) is 0. The average Bonchev–Trinajstić information content (AvgIpc) is 2.84. The van der Waals surface area contributed by atoms with Crippen LogP contribution in [0, 0.1) is 5.21 Å². The molecule has 0 amide bonds. The predicted molar refractivity (Wildman–Crippen MR) is 95.4 cm³/mol. The molecule has 0 aliphatic carbocycles. The van der Waals surface area contributed by atoms with Gasteiger partial charge in [0.1, 0.15) is 0 Å². The van der Waals surface area contributed by atoms with Crippen LogP contribution < -0.4 is 5.56 Å². The van der Waals surface area contributed by atoms with E-state index in [1.807, 2.05) is 44.2 Å². The van der Waals surface area contributed by atoms with Crippen molar-refractivity contribution in [3.63, 3.8) is 0 Å². The van der Waals surface area contributed by atoms with Crippen LogP contribution in [-0.4, -0.2) is 35.3 Å². The van der Waals surface area contributed by atoms with E-state index in [0.717, 1.165) is 20.2 Å². The summed E-state index contributed by atoms with van der Waals surface area (Å²) in [7, 11) is 0. The Bertz CT molecular complexity index is 957. The Kier molecular flexibility index (Phi) is 4.44. The molecule has 0 fully saturated rings. The molecule has 0 saturated carbocycles. The van der Waals surface area contributed by atoms with Gasteiger partial charge in [-0.2, -0.15) is 0 Å². The van der Waals surface area contributed by atoms with Crippen LogP contribution in [0.3, 0.4) is 0 Å². The third kappa shape index (κ3) is 3.27. The Morgan fingerprint density at radius 1 is 1.26 bits per heavy atom. The molecule has 0 aliphatic rings. The molecule has 1 heterocycles. The summed E-state index contributed by atoms with van der Waals surface area (Å²) in [5.41, 5.74) is 1.54. The van der Waals surface area contributed by atoms with Gasteiger partial charge in [0.25, 0.3) is 0 Å². The number of nitrogens with zero attached hydrogens (tertiary/aromatic N) is 2. The van der Waals surface area contributed by atoms with Crippen molar-refractivity contribution in [2.75, 3.05) is 0 Å². The summed E-state index contributed by atoms with van der Waals surface area (Å²) < 4.78 is 3.69. The molecular weight excluding hydrogens is 379 g/mol. The van der Waals surface area contributed by atoms with E-state index in [2.05, 4.69) is 0 Å². The van der Waals surface area contributed by atoms with Crippen molar-refractivity contribution in [2.24, 2.45) is 0 Å². The van der Waals surface area contributed by atoms with Gasteiger partial charge < -0.3 is 0 Å². The van der Waals surface area contributed by atoms with Gasteiger partial charge in [-0.25, -0.2) is 0 Å². The van der Waals surface area contributed by atoms with Gasteiger partial charge in [-0.1, -0.05) is 0 Å². The predicted octanol–water partition coefficient (Wildman–Crippen LogP) is 3.04. The Balaban J connectivity index is 2.11. The number of benzene rings is 2. The topological polar surface area (TPSA) is 48.1 Å². The molecular formula is C17H15ClN2O2Se. The number of rotatable bonds is 3. The number of fused-ring (bicyclic) bond motifs is 1. The van der Waals surface area contributed by atoms with Gasteiger partial charge in [0.05, 0.1) is 0 Å². The van der Waals surface area contributed by atoms with Crippen molar-refractivity contribution in [3.05, 3.63) is 68.6 Å². The molecule has 23 heavy (non-hydrogen) atoms. The van der Waals surface area contributed by atoms with Crippen molar-refractivity contribution in [1.29, 1.82) is 0 Å². The number of hydrogen-bond donors (Lipinski definition) is 0. The first-order chi connectivity index (χ1) is 11.0. The fourth-order valence-corrected chi connectivity index (χ4v) is 4.40. The second kappa shape index (κ2) is 6.36. The average molecular weight is 394 g/mol. The molecule has 0 saturated heterocycles. The monoisotopic (exact) mass is 394 g/mol. The van der Waals surface area contributed by atoms with Gasteiger partial charge in [-0.05, 0) is 0 Å². The van der Waals surface area contributed by atoms with Crippen LogP contribution in [-0.2, 0) is 0 Å². The first-order valence-electron chi connectivity index (χ1n) is 7.18. The van der Waals surface area contributed by atoms with Crippen LogP contribution in [0.2, 0.25) is 5.02 Å². The summed E-state index contributed by atoms with van der Waals surface area (Å²) in [5, 5.41) is 13.0. The van der Waals surface area contributed by atoms with Gasteiger partial charge in [0.15, 0.2) is 0 Å². The summed E-state index contributed by atoms with van der Waals surface area (Å²) in [6.45, 7) is 3.67. The molecule has 118 valence electrons. The molecule has 0 bridgehead atoms. The van der Waals surface area contributed by atoms with Gasteiger partial charge in [0.2, 0.25) is 0 Å². The van der Waals surface area contributed by atoms with E-state index in [1.54, 1.807) is 21.9 Å². The molecule has 0 unspecified atom stereocenters. The van der Waals surface area contributed by atoms with Crippen LogP contribution in [0.15, 0.2) is 47.3 Å². The molecule has 4 nitrogen and oxygen atoms in total. The maximum absolute atomic E-state index is 12.6.